The number of rotatable bonds is 12. The molecule has 0 saturated heterocycles. The number of nitrogens with one attached hydrogen (secondary N) is 2. The highest BCUT2D eigenvalue weighted by Crippen LogP contribution is 2.18. The molecule has 0 aliphatic carbocycles. The van der Waals surface area contributed by atoms with Crippen LogP contribution < -0.4 is 10.9 Å². The first-order valence-corrected chi connectivity index (χ1v) is 10.1. The number of fused-ring (bicyclic) bond motifs is 1. The molecular formula is C22H26N4O5. The minimum atomic E-state index is -0.822. The first kappa shape index (κ1) is 23.6. The van der Waals surface area contributed by atoms with Crippen molar-refractivity contribution in [3.63, 3.8) is 0 Å². The summed E-state index contributed by atoms with van der Waals surface area (Å²) in [7, 11) is 0. The van der Waals surface area contributed by atoms with Crippen molar-refractivity contribution >= 4 is 28.4 Å². The molecule has 9 nitrogen and oxygen atoms in total. The molecule has 0 bridgehead atoms. The topological polar surface area (TPSA) is 145 Å². The number of ether oxygens (including phenoxy) is 1. The quantitative estimate of drug-likeness (QED) is 0.267. The number of aromatic amines is 1. The van der Waals surface area contributed by atoms with Crippen molar-refractivity contribution in [3.8, 4) is 6.07 Å². The van der Waals surface area contributed by atoms with Crippen LogP contribution in [0.1, 0.15) is 51.3 Å². The molecule has 0 unspecified atom stereocenters. The van der Waals surface area contributed by atoms with Crippen LogP contribution >= 0.6 is 0 Å². The van der Waals surface area contributed by atoms with Gasteiger partial charge < -0.3 is 20.1 Å². The third-order valence-electron chi connectivity index (χ3n) is 4.55. The highest BCUT2D eigenvalue weighted by molar-refractivity contribution is 5.82. The molecule has 9 heteroatoms. The lowest BCUT2D eigenvalue weighted by Crippen LogP contribution is -2.19. The van der Waals surface area contributed by atoms with Crippen LogP contribution in [0.2, 0.25) is 0 Å². The molecular weight excluding hydrogens is 400 g/mol. The van der Waals surface area contributed by atoms with E-state index in [-0.39, 0.29) is 36.0 Å². The Labute approximate surface area is 179 Å². The SMILES string of the molecule is CC(=O)OCCC/C(NCCCCCC(=O)O)=C(\C#N)c1nc2ccccc2c(=O)[nH]1. The standard InChI is InChI=1S/C22H26N4O5/c1-15(27)31-13-7-10-18(24-12-6-2-3-11-20(28)29)17(14-23)21-25-19-9-5-4-8-16(19)22(30)26-21/h4-5,8-9,24H,2-3,6-7,10-13H2,1H3,(H,28,29)(H,25,26,30)/b18-17-. The van der Waals surface area contributed by atoms with Gasteiger partial charge in [-0.3, -0.25) is 14.4 Å². The van der Waals surface area contributed by atoms with Gasteiger partial charge in [0.2, 0.25) is 0 Å². The molecule has 3 N–H and O–H groups in total. The lowest BCUT2D eigenvalue weighted by Gasteiger charge is -2.14. The second-order valence-electron chi connectivity index (χ2n) is 6.97. The van der Waals surface area contributed by atoms with E-state index < -0.39 is 5.97 Å². The number of para-hydroxylation sites is 1. The summed E-state index contributed by atoms with van der Waals surface area (Å²) >= 11 is 0. The van der Waals surface area contributed by atoms with Crippen molar-refractivity contribution < 1.29 is 19.4 Å². The number of carboxylic acids is 1. The maximum absolute atomic E-state index is 12.4. The predicted molar refractivity (Wildman–Crippen MR) is 115 cm³/mol. The number of hydrogen-bond donors (Lipinski definition) is 3. The normalized spacial score (nSPS) is 11.5. The number of carbonyl (C=O) groups is 2. The average Bonchev–Trinajstić information content (AvgIpc) is 2.73. The monoisotopic (exact) mass is 426 g/mol. The van der Waals surface area contributed by atoms with E-state index in [0.29, 0.717) is 42.4 Å². The highest BCUT2D eigenvalue weighted by Gasteiger charge is 2.14. The second kappa shape index (κ2) is 12.1. The smallest absolute Gasteiger partial charge is 0.303 e. The van der Waals surface area contributed by atoms with Crippen LogP contribution in [0.25, 0.3) is 16.5 Å². The number of hydrogen-bond acceptors (Lipinski definition) is 7. The van der Waals surface area contributed by atoms with E-state index in [1.807, 2.05) is 0 Å². The number of H-pyrrole nitrogens is 1. The van der Waals surface area contributed by atoms with Crippen LogP contribution in [-0.2, 0) is 14.3 Å². The number of carbonyl (C=O) groups excluding carboxylic acids is 1. The van der Waals surface area contributed by atoms with Crippen molar-refractivity contribution in [1.29, 1.82) is 5.26 Å². The van der Waals surface area contributed by atoms with E-state index in [2.05, 4.69) is 21.4 Å². The number of unbranched alkanes of at least 4 members (excludes halogenated alkanes) is 2. The lowest BCUT2D eigenvalue weighted by molar-refractivity contribution is -0.141. The third kappa shape index (κ3) is 7.59. The van der Waals surface area contributed by atoms with Crippen molar-refractivity contribution in [3.05, 3.63) is 46.1 Å². The maximum Gasteiger partial charge on any atom is 0.303 e. The molecule has 0 atom stereocenters. The lowest BCUT2D eigenvalue weighted by atomic mass is 10.1. The van der Waals surface area contributed by atoms with Gasteiger partial charge >= 0.3 is 11.9 Å². The largest absolute Gasteiger partial charge is 0.481 e. The fourth-order valence-electron chi connectivity index (χ4n) is 3.05. The minimum absolute atomic E-state index is 0.122. The molecule has 0 saturated carbocycles. The van der Waals surface area contributed by atoms with Gasteiger partial charge in [-0.25, -0.2) is 4.98 Å². The van der Waals surface area contributed by atoms with Gasteiger partial charge in [0.05, 0.1) is 17.5 Å². The molecule has 1 heterocycles. The number of aromatic nitrogens is 2. The first-order valence-electron chi connectivity index (χ1n) is 10.1. The number of nitriles is 1. The Kier molecular flexibility index (Phi) is 9.23. The Morgan fingerprint density at radius 3 is 2.68 bits per heavy atom. The Bertz CT molecular complexity index is 1050. The summed E-state index contributed by atoms with van der Waals surface area (Å²) in [6.07, 6.45) is 3.06. The molecule has 0 aliphatic rings. The van der Waals surface area contributed by atoms with Gasteiger partial charge in [0.1, 0.15) is 11.6 Å². The number of nitrogens with zero attached hydrogens (tertiary/aromatic N) is 2. The number of esters is 1. The summed E-state index contributed by atoms with van der Waals surface area (Å²) in [5.74, 6) is -1.03. The summed E-state index contributed by atoms with van der Waals surface area (Å²) in [6, 6.07) is 9.01. The second-order valence-corrected chi connectivity index (χ2v) is 6.97. The fraction of sp³-hybridized carbons (Fsp3) is 0.409. The van der Waals surface area contributed by atoms with Crippen LogP contribution in [0.15, 0.2) is 34.8 Å². The van der Waals surface area contributed by atoms with Crippen LogP contribution in [0, 0.1) is 11.3 Å². The van der Waals surface area contributed by atoms with Gasteiger partial charge in [-0.2, -0.15) is 5.26 Å². The van der Waals surface area contributed by atoms with E-state index in [1.54, 1.807) is 24.3 Å². The Balaban J connectivity index is 2.22. The molecule has 164 valence electrons. The molecule has 2 rings (SSSR count). The Morgan fingerprint density at radius 1 is 1.19 bits per heavy atom. The summed E-state index contributed by atoms with van der Waals surface area (Å²) in [5.41, 5.74) is 0.964. The molecule has 0 radical (unpaired) electrons. The van der Waals surface area contributed by atoms with Gasteiger partial charge in [0.15, 0.2) is 5.82 Å². The number of aliphatic carboxylic acids is 1. The van der Waals surface area contributed by atoms with E-state index >= 15 is 0 Å². The van der Waals surface area contributed by atoms with Crippen LogP contribution in [0.4, 0.5) is 0 Å². The number of carboxylic acid groups (broad SMARTS) is 1. The Hall–Kier alpha value is -3.67. The van der Waals surface area contributed by atoms with Crippen molar-refractivity contribution in [2.75, 3.05) is 13.2 Å². The Morgan fingerprint density at radius 2 is 1.97 bits per heavy atom. The predicted octanol–water partition coefficient (Wildman–Crippen LogP) is 2.74. The van der Waals surface area contributed by atoms with Crippen molar-refractivity contribution in [2.24, 2.45) is 0 Å². The third-order valence-corrected chi connectivity index (χ3v) is 4.55. The molecule has 1 aromatic heterocycles. The van der Waals surface area contributed by atoms with E-state index in [1.165, 1.54) is 6.92 Å². The molecule has 1 aromatic carbocycles. The molecule has 0 fully saturated rings. The first-order chi connectivity index (χ1) is 14.9. The zero-order valence-corrected chi connectivity index (χ0v) is 17.4. The maximum atomic E-state index is 12.4. The summed E-state index contributed by atoms with van der Waals surface area (Å²) in [6.45, 7) is 2.07. The van der Waals surface area contributed by atoms with Crippen LogP contribution in [-0.4, -0.2) is 40.2 Å². The van der Waals surface area contributed by atoms with Crippen LogP contribution in [0.5, 0.6) is 0 Å². The van der Waals surface area contributed by atoms with Gasteiger partial charge in [0.25, 0.3) is 5.56 Å². The zero-order chi connectivity index (χ0) is 22.6. The molecule has 2 aromatic rings. The van der Waals surface area contributed by atoms with Gasteiger partial charge in [-0.15, -0.1) is 0 Å². The zero-order valence-electron chi connectivity index (χ0n) is 17.4. The minimum Gasteiger partial charge on any atom is -0.481 e. The van der Waals surface area contributed by atoms with Gasteiger partial charge in [0, 0.05) is 25.6 Å². The number of benzene rings is 1. The summed E-state index contributed by atoms with van der Waals surface area (Å²) < 4.78 is 4.97. The average molecular weight is 426 g/mol. The number of allylic oxidation sites excluding steroid dienone is 2. The van der Waals surface area contributed by atoms with Crippen molar-refractivity contribution in [2.45, 2.75) is 45.4 Å². The van der Waals surface area contributed by atoms with E-state index in [0.717, 1.165) is 12.8 Å². The molecule has 0 aliphatic heterocycles. The fourth-order valence-corrected chi connectivity index (χ4v) is 3.05. The summed E-state index contributed by atoms with van der Waals surface area (Å²) in [5, 5.41) is 22.2. The molecule has 31 heavy (non-hydrogen) atoms. The van der Waals surface area contributed by atoms with E-state index in [9.17, 15) is 19.6 Å². The highest BCUT2D eigenvalue weighted by atomic mass is 16.5. The van der Waals surface area contributed by atoms with E-state index in [4.69, 9.17) is 9.84 Å². The molecule has 0 amide bonds. The summed E-state index contributed by atoms with van der Waals surface area (Å²) in [4.78, 5) is 41.1. The van der Waals surface area contributed by atoms with Crippen LogP contribution in [0.3, 0.4) is 0 Å². The van der Waals surface area contributed by atoms with Gasteiger partial charge in [-0.05, 0) is 37.8 Å². The van der Waals surface area contributed by atoms with Crippen molar-refractivity contribution in [1.82, 2.24) is 15.3 Å². The van der Waals surface area contributed by atoms with Gasteiger partial charge in [-0.1, -0.05) is 18.6 Å². The molecule has 0 spiro atoms.